The van der Waals surface area contributed by atoms with Crippen LogP contribution in [0.25, 0.3) is 0 Å². The Hall–Kier alpha value is -5.02. The van der Waals surface area contributed by atoms with Crippen molar-refractivity contribution in [3.05, 3.63) is 89.0 Å². The van der Waals surface area contributed by atoms with Gasteiger partial charge in [-0.3, -0.25) is 33.6 Å². The van der Waals surface area contributed by atoms with E-state index in [1.54, 1.807) is 37.3 Å². The summed E-state index contributed by atoms with van der Waals surface area (Å²) in [4.78, 5) is 89.4. The number of thioether (sulfide) groups is 2. The highest BCUT2D eigenvalue weighted by molar-refractivity contribution is 8.13. The molecule has 402 valence electrons. The molecule has 0 aromatic heterocycles. The fraction of sp³-hybridized carbons (Fsp3) is 0.574. The summed E-state index contributed by atoms with van der Waals surface area (Å²) < 4.78 is 61.0. The van der Waals surface area contributed by atoms with Crippen LogP contribution < -0.4 is 21.3 Å². The lowest BCUT2D eigenvalue weighted by molar-refractivity contribution is -0.232. The Labute approximate surface area is 437 Å². The Morgan fingerprint density at radius 2 is 1.65 bits per heavy atom. The second-order valence-corrected chi connectivity index (χ2v) is 23.3. The van der Waals surface area contributed by atoms with E-state index in [0.717, 1.165) is 36.5 Å². The molecule has 1 aliphatic heterocycles. The van der Waals surface area contributed by atoms with E-state index in [9.17, 15) is 48.2 Å². The number of anilines is 1. The molecule has 20 heteroatoms. The molecule has 4 amide bonds. The number of halogens is 3. The van der Waals surface area contributed by atoms with Gasteiger partial charge in [0.2, 0.25) is 28.7 Å². The average molecular weight is 1070 g/mol. The number of unbranched alkanes of at least 4 members (excludes halogenated alkanes) is 1. The number of rotatable bonds is 21. The van der Waals surface area contributed by atoms with Gasteiger partial charge in [0.15, 0.2) is 23.3 Å². The third kappa shape index (κ3) is 11.1. The SMILES string of the molecule is CCCCC(C)SC(CC(=O)O)C(=O)NCCC(=O)N[C@@H](C)C(=O)N[C@@H](C)C(=O)Nc1cccc(Cc2ccc([C@@H]3O[C@@H]4C[C@H]5[C@@H]6C[C@H](F)C7=CC(=O)C=C[C@]7(C)[C@@]6(F)[C@@H](O)C[C@]5(C)[C@]4(C(=O)SCF)O3)cc2)c1. The summed E-state index contributed by atoms with van der Waals surface area (Å²) in [6.45, 7) is 10.1. The summed E-state index contributed by atoms with van der Waals surface area (Å²) in [6, 6.07) is 11.3. The average Bonchev–Trinajstić information content (AvgIpc) is 3.85. The summed E-state index contributed by atoms with van der Waals surface area (Å²) in [5, 5.41) is 30.4. The first-order chi connectivity index (χ1) is 35.0. The number of aliphatic hydroxyl groups excluding tert-OH is 1. The van der Waals surface area contributed by atoms with Crippen LogP contribution in [0.3, 0.4) is 0 Å². The van der Waals surface area contributed by atoms with Gasteiger partial charge in [0.05, 0.1) is 23.9 Å². The molecule has 5 aliphatic rings. The van der Waals surface area contributed by atoms with Gasteiger partial charge in [-0.25, -0.2) is 13.2 Å². The van der Waals surface area contributed by atoms with Gasteiger partial charge in [-0.05, 0) is 99.8 Å². The number of allylic oxidation sites excluding steroid dienone is 4. The Morgan fingerprint density at radius 1 is 0.932 bits per heavy atom. The maximum Gasteiger partial charge on any atom is 0.305 e. The highest BCUT2D eigenvalue weighted by Crippen LogP contribution is 2.73. The maximum absolute atomic E-state index is 17.8. The van der Waals surface area contributed by atoms with Crippen LogP contribution in [0.2, 0.25) is 0 Å². The standard InChI is InChI=1S/C54H67F3N4O11S2/c1-7-8-10-29(2)74-41(26-45(65)66)48(69)58-20-18-44(64)59-30(3)46(67)60-31(4)47(68)61-35-12-9-11-33(22-35)21-32-13-15-34(16-14-32)49-71-43-25-37-38-24-40(56)39-23-36(62)17-19-51(39,5)53(38,57)42(63)27-52(37,6)54(43,72-49)50(70)73-28-55/h9,11-17,19,22-23,29-31,37-38,40-43,49,63H,7-8,10,18,20-21,24-28H2,1-6H3,(H,58,69)(H,59,64)(H,60,67)(H,61,68)(H,65,66)/t29?,30-,31-,37-,38-,40-,41?,42-,43+,49+,51-,52-,53-,54-/m0/s1. The van der Waals surface area contributed by atoms with Crippen molar-refractivity contribution in [3.63, 3.8) is 0 Å². The smallest absolute Gasteiger partial charge is 0.305 e. The molecule has 2 aromatic carbocycles. The number of carboxylic acid groups (broad SMARTS) is 1. The van der Waals surface area contributed by atoms with E-state index < -0.39 is 122 Å². The van der Waals surface area contributed by atoms with Crippen LogP contribution in [0.1, 0.15) is 116 Å². The second-order valence-electron chi connectivity index (χ2n) is 20.8. The van der Waals surface area contributed by atoms with Crippen LogP contribution >= 0.6 is 23.5 Å². The topological polar surface area (TPSA) is 227 Å². The number of ketones is 1. The van der Waals surface area contributed by atoms with Crippen molar-refractivity contribution in [3.8, 4) is 0 Å². The molecule has 3 saturated carbocycles. The van der Waals surface area contributed by atoms with Crippen LogP contribution in [-0.4, -0.2) is 115 Å². The first-order valence-electron chi connectivity index (χ1n) is 25.3. The van der Waals surface area contributed by atoms with Crippen molar-refractivity contribution < 1.29 is 66.4 Å². The molecule has 14 atom stereocenters. The largest absolute Gasteiger partial charge is 0.481 e. The number of hydrogen-bond acceptors (Lipinski definition) is 12. The van der Waals surface area contributed by atoms with Crippen LogP contribution in [-0.2, 0) is 49.5 Å². The first-order valence-corrected chi connectivity index (χ1v) is 27.2. The lowest BCUT2D eigenvalue weighted by Crippen LogP contribution is -2.70. The molecular formula is C54H67F3N4O11S2. The molecule has 0 spiro atoms. The fourth-order valence-electron chi connectivity index (χ4n) is 12.0. The molecule has 1 saturated heterocycles. The third-order valence-electron chi connectivity index (χ3n) is 15.9. The van der Waals surface area contributed by atoms with Gasteiger partial charge in [0.25, 0.3) is 0 Å². The maximum atomic E-state index is 17.8. The highest BCUT2D eigenvalue weighted by atomic mass is 32.2. The molecule has 4 aliphatic carbocycles. The zero-order valence-electron chi connectivity index (χ0n) is 42.4. The summed E-state index contributed by atoms with van der Waals surface area (Å²) in [5.41, 5.74) is -4.40. The minimum Gasteiger partial charge on any atom is -0.481 e. The monoisotopic (exact) mass is 1070 g/mol. The van der Waals surface area contributed by atoms with Crippen molar-refractivity contribution >= 4 is 69.7 Å². The predicted octanol–water partition coefficient (Wildman–Crippen LogP) is 7.16. The molecule has 2 unspecified atom stereocenters. The lowest BCUT2D eigenvalue weighted by Gasteiger charge is -2.63. The van der Waals surface area contributed by atoms with E-state index in [1.165, 1.54) is 44.7 Å². The number of alkyl halides is 3. The predicted molar refractivity (Wildman–Crippen MR) is 274 cm³/mol. The van der Waals surface area contributed by atoms with Crippen molar-refractivity contribution in [1.82, 2.24) is 16.0 Å². The molecule has 7 rings (SSSR count). The number of fused-ring (bicyclic) bond motifs is 7. The number of carbonyl (C=O) groups is 7. The molecule has 15 nitrogen and oxygen atoms in total. The molecule has 0 radical (unpaired) electrons. The van der Waals surface area contributed by atoms with Crippen LogP contribution in [0.15, 0.2) is 72.3 Å². The van der Waals surface area contributed by atoms with Crippen molar-refractivity contribution in [2.75, 3.05) is 17.9 Å². The van der Waals surface area contributed by atoms with Crippen molar-refractivity contribution in [2.45, 2.75) is 158 Å². The number of amides is 4. The van der Waals surface area contributed by atoms with Crippen molar-refractivity contribution in [2.24, 2.45) is 22.7 Å². The summed E-state index contributed by atoms with van der Waals surface area (Å²) in [5.74, 6) is -5.48. The lowest BCUT2D eigenvalue weighted by atomic mass is 9.44. The number of carboxylic acids is 1. The highest BCUT2D eigenvalue weighted by Gasteiger charge is 2.80. The summed E-state index contributed by atoms with van der Waals surface area (Å²) in [6.07, 6.45) is 0.466. The number of benzene rings is 2. The number of carbonyl (C=O) groups excluding carboxylic acids is 6. The normalized spacial score (nSPS) is 31.3. The molecule has 6 N–H and O–H groups in total. The van der Waals surface area contributed by atoms with Gasteiger partial charge in [-0.2, -0.15) is 0 Å². The Morgan fingerprint density at radius 3 is 2.34 bits per heavy atom. The van der Waals surface area contributed by atoms with E-state index in [4.69, 9.17) is 9.47 Å². The van der Waals surface area contributed by atoms with Gasteiger partial charge in [0, 0.05) is 46.2 Å². The fourth-order valence-corrected chi connectivity index (χ4v) is 14.1. The van der Waals surface area contributed by atoms with E-state index in [-0.39, 0.29) is 49.5 Å². The number of aliphatic carboxylic acids is 1. The van der Waals surface area contributed by atoms with Gasteiger partial charge in [0.1, 0.15) is 24.3 Å². The Balaban J connectivity index is 0.920. The molecule has 0 bridgehead atoms. The number of ether oxygens (including phenoxy) is 2. The van der Waals surface area contributed by atoms with Gasteiger partial charge < -0.3 is 41.0 Å². The summed E-state index contributed by atoms with van der Waals surface area (Å²) in [7, 11) is 0. The number of hydrogen-bond donors (Lipinski definition) is 6. The van der Waals surface area contributed by atoms with Gasteiger partial charge in [-0.15, -0.1) is 11.8 Å². The molecule has 2 aromatic rings. The molecule has 4 fully saturated rings. The van der Waals surface area contributed by atoms with Gasteiger partial charge >= 0.3 is 5.97 Å². The summed E-state index contributed by atoms with van der Waals surface area (Å²) >= 11 is 1.71. The van der Waals surface area contributed by atoms with E-state index in [2.05, 4.69) is 21.3 Å². The number of aliphatic hydroxyl groups is 1. The van der Waals surface area contributed by atoms with E-state index >= 15 is 8.78 Å². The van der Waals surface area contributed by atoms with E-state index in [0.29, 0.717) is 29.4 Å². The van der Waals surface area contributed by atoms with Crippen LogP contribution in [0.4, 0.5) is 18.9 Å². The molecule has 1 heterocycles. The zero-order valence-corrected chi connectivity index (χ0v) is 44.1. The van der Waals surface area contributed by atoms with Crippen LogP contribution in [0, 0.1) is 22.7 Å². The van der Waals surface area contributed by atoms with Crippen LogP contribution in [0.5, 0.6) is 0 Å². The van der Waals surface area contributed by atoms with Crippen molar-refractivity contribution in [1.29, 1.82) is 0 Å². The minimum atomic E-state index is -2.38. The van der Waals surface area contributed by atoms with Gasteiger partial charge in [-0.1, -0.05) is 87.8 Å². The van der Waals surface area contributed by atoms with E-state index in [1.807, 2.05) is 32.0 Å². The minimum absolute atomic E-state index is 0.0168. The Kier molecular flexibility index (Phi) is 17.7. The Bertz CT molecular complexity index is 2550. The molecular weight excluding hydrogens is 1000 g/mol. The quantitative estimate of drug-likeness (QED) is 0.0731. The second kappa shape index (κ2) is 23.1. The number of nitrogens with one attached hydrogen (secondary N) is 4. The third-order valence-corrected chi connectivity index (χ3v) is 18.0. The zero-order chi connectivity index (χ0) is 53.9. The molecule has 74 heavy (non-hydrogen) atoms. The first kappa shape index (κ1) is 56.7.